The van der Waals surface area contributed by atoms with Gasteiger partial charge in [-0.1, -0.05) is 18.2 Å². The minimum Gasteiger partial charge on any atom is -0.468 e. The average Bonchev–Trinajstić information content (AvgIpc) is 2.27. The fraction of sp³-hybridized carbons (Fsp3) is 0.300. The van der Waals surface area contributed by atoms with Crippen molar-refractivity contribution in [2.24, 2.45) is 0 Å². The molecule has 1 N–H and O–H groups in total. The second-order valence-electron chi connectivity index (χ2n) is 3.26. The normalized spacial score (nSPS) is 15.7. The predicted molar refractivity (Wildman–Crippen MR) is 65.1 cm³/mol. The van der Waals surface area contributed by atoms with Crippen molar-refractivity contribution in [3.63, 3.8) is 0 Å². The fourth-order valence-corrected chi connectivity index (χ4v) is 2.80. The van der Waals surface area contributed by atoms with Gasteiger partial charge in [0.05, 0.1) is 7.11 Å². The van der Waals surface area contributed by atoms with Crippen LogP contribution in [-0.4, -0.2) is 19.1 Å². The highest BCUT2D eigenvalue weighted by molar-refractivity contribution is 7.84. The summed E-state index contributed by atoms with van der Waals surface area (Å²) in [5, 5.41) is 2.38. The third-order valence-corrected chi connectivity index (χ3v) is 3.51. The van der Waals surface area contributed by atoms with Crippen molar-refractivity contribution in [3.8, 4) is 5.75 Å². The number of hydrogen-bond donors (Lipinski definition) is 1. The molecular weight excluding hydrogens is 265 g/mol. The SMILES string of the molecule is COC(=O)[C@@H](C)NP(=O)(Cl)Oc1ccccc1. The summed E-state index contributed by atoms with van der Waals surface area (Å²) in [4.78, 5) is 11.1. The Morgan fingerprint density at radius 1 is 1.41 bits per heavy atom. The average molecular weight is 278 g/mol. The van der Waals surface area contributed by atoms with Gasteiger partial charge in [-0.15, -0.1) is 0 Å². The number of ether oxygens (including phenoxy) is 1. The minimum absolute atomic E-state index is 0.357. The van der Waals surface area contributed by atoms with Crippen molar-refractivity contribution in [1.29, 1.82) is 0 Å². The summed E-state index contributed by atoms with van der Waals surface area (Å²) in [6, 6.07) is 7.63. The first-order chi connectivity index (χ1) is 7.94. The maximum atomic E-state index is 11.8. The van der Waals surface area contributed by atoms with E-state index in [0.717, 1.165) is 0 Å². The van der Waals surface area contributed by atoms with Crippen LogP contribution in [-0.2, 0) is 14.1 Å². The number of hydrogen-bond acceptors (Lipinski definition) is 4. The van der Waals surface area contributed by atoms with Crippen LogP contribution in [0.4, 0.5) is 0 Å². The Bertz CT molecular complexity index is 426. The molecule has 1 unspecified atom stereocenters. The lowest BCUT2D eigenvalue weighted by molar-refractivity contribution is -0.142. The van der Waals surface area contributed by atoms with Crippen LogP contribution in [0.3, 0.4) is 0 Å². The van der Waals surface area contributed by atoms with E-state index in [9.17, 15) is 9.36 Å². The van der Waals surface area contributed by atoms with E-state index in [1.807, 2.05) is 0 Å². The van der Waals surface area contributed by atoms with Gasteiger partial charge in [0.25, 0.3) is 0 Å². The van der Waals surface area contributed by atoms with Crippen molar-refractivity contribution in [2.45, 2.75) is 13.0 Å². The summed E-state index contributed by atoms with van der Waals surface area (Å²) in [5.41, 5.74) is 0. The summed E-state index contributed by atoms with van der Waals surface area (Å²) < 4.78 is 21.4. The zero-order valence-corrected chi connectivity index (χ0v) is 11.1. The number of rotatable bonds is 5. The Hall–Kier alpha value is -1.03. The number of esters is 1. The standard InChI is InChI=1S/C10H13ClNO4P/c1-8(10(13)15-2)12-17(11,14)16-9-6-4-3-5-7-9/h3-8H,1-2H3,(H,12,14)/t8-,17?/m1/s1. The molecular formula is C10H13ClNO4P. The molecule has 7 heteroatoms. The van der Waals surface area contributed by atoms with Gasteiger partial charge in [0, 0.05) is 11.2 Å². The lowest BCUT2D eigenvalue weighted by Crippen LogP contribution is -2.32. The molecule has 1 rings (SSSR count). The van der Waals surface area contributed by atoms with Gasteiger partial charge in [-0.25, -0.2) is 9.65 Å². The smallest absolute Gasteiger partial charge is 0.409 e. The number of benzene rings is 1. The first kappa shape index (κ1) is 14.0. The van der Waals surface area contributed by atoms with Gasteiger partial charge in [0.1, 0.15) is 11.8 Å². The maximum absolute atomic E-state index is 11.8. The highest BCUT2D eigenvalue weighted by Crippen LogP contribution is 2.48. The van der Waals surface area contributed by atoms with Gasteiger partial charge in [-0.05, 0) is 19.1 Å². The minimum atomic E-state index is -3.62. The van der Waals surface area contributed by atoms with Crippen molar-refractivity contribution < 1.29 is 18.6 Å². The highest BCUT2D eigenvalue weighted by Gasteiger charge is 2.27. The van der Waals surface area contributed by atoms with E-state index in [4.69, 9.17) is 15.8 Å². The number of halogens is 1. The summed E-state index contributed by atoms with van der Waals surface area (Å²) in [6.07, 6.45) is 0. The summed E-state index contributed by atoms with van der Waals surface area (Å²) in [5.74, 6) is -0.210. The van der Waals surface area contributed by atoms with Gasteiger partial charge < -0.3 is 9.26 Å². The molecule has 94 valence electrons. The third kappa shape index (κ3) is 4.77. The van der Waals surface area contributed by atoms with Gasteiger partial charge in [-0.3, -0.25) is 4.79 Å². The number of nitrogens with one attached hydrogen (secondary N) is 1. The monoisotopic (exact) mass is 277 g/mol. The van der Waals surface area contributed by atoms with Crippen LogP contribution >= 0.6 is 18.1 Å². The Kier molecular flexibility index (Phi) is 5.00. The van der Waals surface area contributed by atoms with Crippen LogP contribution in [0.2, 0.25) is 0 Å². The molecule has 0 amide bonds. The molecule has 0 fully saturated rings. The van der Waals surface area contributed by atoms with Crippen LogP contribution in [0.25, 0.3) is 0 Å². The molecule has 0 aromatic heterocycles. The fourth-order valence-electron chi connectivity index (χ4n) is 1.10. The van der Waals surface area contributed by atoms with Crippen LogP contribution in [0.15, 0.2) is 30.3 Å². The second-order valence-corrected chi connectivity index (χ2v) is 5.99. The molecule has 2 atom stereocenters. The molecule has 0 bridgehead atoms. The predicted octanol–water partition coefficient (Wildman–Crippen LogP) is 2.56. The van der Waals surface area contributed by atoms with Gasteiger partial charge >= 0.3 is 12.8 Å². The lowest BCUT2D eigenvalue weighted by atomic mass is 10.3. The van der Waals surface area contributed by atoms with E-state index >= 15 is 0 Å². The Balaban J connectivity index is 2.63. The lowest BCUT2D eigenvalue weighted by Gasteiger charge is -2.17. The first-order valence-corrected chi connectivity index (χ1v) is 7.37. The molecule has 0 aliphatic carbocycles. The van der Waals surface area contributed by atoms with Crippen molar-refractivity contribution in [1.82, 2.24) is 5.09 Å². The quantitative estimate of drug-likeness (QED) is 0.662. The van der Waals surface area contributed by atoms with Crippen LogP contribution in [0, 0.1) is 0 Å². The van der Waals surface area contributed by atoms with Gasteiger partial charge in [0.2, 0.25) is 0 Å². The summed E-state index contributed by atoms with van der Waals surface area (Å²) in [6.45, 7) is -2.13. The van der Waals surface area contributed by atoms with Crippen molar-refractivity contribution >= 4 is 24.1 Å². The van der Waals surface area contributed by atoms with E-state index in [2.05, 4.69) is 9.82 Å². The molecule has 0 saturated carbocycles. The maximum Gasteiger partial charge on any atom is 0.409 e. The number of carbonyl (C=O) groups is 1. The van der Waals surface area contributed by atoms with Crippen LogP contribution < -0.4 is 9.61 Å². The Morgan fingerprint density at radius 3 is 2.53 bits per heavy atom. The first-order valence-electron chi connectivity index (χ1n) is 4.84. The number of methoxy groups -OCH3 is 1. The zero-order valence-electron chi connectivity index (χ0n) is 9.42. The zero-order chi connectivity index (χ0) is 12.9. The van der Waals surface area contributed by atoms with E-state index in [1.165, 1.54) is 14.0 Å². The van der Waals surface area contributed by atoms with E-state index in [1.54, 1.807) is 30.3 Å². The largest absolute Gasteiger partial charge is 0.468 e. The molecule has 0 radical (unpaired) electrons. The van der Waals surface area contributed by atoms with E-state index in [-0.39, 0.29) is 0 Å². The Morgan fingerprint density at radius 2 is 2.00 bits per heavy atom. The number of para-hydroxylation sites is 1. The van der Waals surface area contributed by atoms with Gasteiger partial charge in [0.15, 0.2) is 0 Å². The molecule has 1 aromatic carbocycles. The second kappa shape index (κ2) is 6.05. The Labute approximate surface area is 104 Å². The summed E-state index contributed by atoms with van der Waals surface area (Å²) in [7, 11) is 1.23. The molecule has 5 nitrogen and oxygen atoms in total. The molecule has 0 heterocycles. The highest BCUT2D eigenvalue weighted by atomic mass is 35.7. The van der Waals surface area contributed by atoms with Crippen molar-refractivity contribution in [2.75, 3.05) is 7.11 Å². The van der Waals surface area contributed by atoms with Gasteiger partial charge in [-0.2, -0.15) is 0 Å². The van der Waals surface area contributed by atoms with Crippen LogP contribution in [0.1, 0.15) is 6.92 Å². The van der Waals surface area contributed by atoms with Crippen molar-refractivity contribution in [3.05, 3.63) is 30.3 Å². The molecule has 0 saturated heterocycles. The molecule has 1 aromatic rings. The molecule has 0 aliphatic rings. The molecule has 17 heavy (non-hydrogen) atoms. The topological polar surface area (TPSA) is 64.6 Å². The van der Waals surface area contributed by atoms with Crippen LogP contribution in [0.5, 0.6) is 5.75 Å². The summed E-state index contributed by atoms with van der Waals surface area (Å²) >= 11 is 5.68. The van der Waals surface area contributed by atoms with E-state index in [0.29, 0.717) is 5.75 Å². The number of carbonyl (C=O) groups excluding carboxylic acids is 1. The molecule has 0 spiro atoms. The molecule has 0 aliphatic heterocycles. The van der Waals surface area contributed by atoms with E-state index < -0.39 is 18.9 Å². The third-order valence-electron chi connectivity index (χ3n) is 1.87.